The zero-order valence-electron chi connectivity index (χ0n) is 14.3. The Hall–Kier alpha value is -1.11. The Morgan fingerprint density at radius 2 is 2.00 bits per heavy atom. The lowest BCUT2D eigenvalue weighted by Crippen LogP contribution is -2.40. The minimum atomic E-state index is -3.10. The molecule has 1 unspecified atom stereocenters. The van der Waals surface area contributed by atoms with Crippen LogP contribution in [0.15, 0.2) is 24.3 Å². The lowest BCUT2D eigenvalue weighted by Gasteiger charge is -2.32. The number of hydrogen-bond acceptors (Lipinski definition) is 4. The highest BCUT2D eigenvalue weighted by molar-refractivity contribution is 7.88. The second kappa shape index (κ2) is 8.13. The highest BCUT2D eigenvalue weighted by Gasteiger charge is 2.20. The van der Waals surface area contributed by atoms with Gasteiger partial charge in [0.25, 0.3) is 0 Å². The van der Waals surface area contributed by atoms with Crippen LogP contribution in [0.4, 0.5) is 0 Å². The summed E-state index contributed by atoms with van der Waals surface area (Å²) < 4.78 is 30.7. The summed E-state index contributed by atoms with van der Waals surface area (Å²) in [7, 11) is -3.10. The predicted octanol–water partition coefficient (Wildman–Crippen LogP) is 2.23. The Morgan fingerprint density at radius 3 is 2.61 bits per heavy atom. The normalized spacial score (nSPS) is 19.9. The number of nitrogens with zero attached hydrogens (tertiary/aromatic N) is 1. The Morgan fingerprint density at radius 1 is 1.30 bits per heavy atom. The first-order valence-electron chi connectivity index (χ1n) is 8.24. The standard InChI is InChI=1S/C17H28N2O3S/c1-14(2)22-17-8-6-15(7-9-17)12-19-10-4-5-16(13-19)11-18-23(3,20)21/h6-9,14,16,18H,4-5,10-13H2,1-3H3. The smallest absolute Gasteiger partial charge is 0.208 e. The lowest BCUT2D eigenvalue weighted by atomic mass is 9.98. The maximum atomic E-state index is 11.2. The van der Waals surface area contributed by atoms with Gasteiger partial charge in [0.05, 0.1) is 12.4 Å². The molecule has 1 saturated heterocycles. The van der Waals surface area contributed by atoms with E-state index in [1.54, 1.807) is 0 Å². The van der Waals surface area contributed by atoms with Gasteiger partial charge in [-0.25, -0.2) is 13.1 Å². The second-order valence-electron chi connectivity index (χ2n) is 6.67. The largest absolute Gasteiger partial charge is 0.491 e. The van der Waals surface area contributed by atoms with E-state index in [2.05, 4.69) is 21.8 Å². The number of benzene rings is 1. The van der Waals surface area contributed by atoms with Crippen molar-refractivity contribution in [2.75, 3.05) is 25.9 Å². The van der Waals surface area contributed by atoms with Crippen molar-refractivity contribution >= 4 is 10.0 Å². The third-order valence-corrected chi connectivity index (χ3v) is 4.63. The summed E-state index contributed by atoms with van der Waals surface area (Å²) in [5.74, 6) is 1.29. The molecule has 0 aliphatic carbocycles. The zero-order valence-corrected chi connectivity index (χ0v) is 15.1. The summed E-state index contributed by atoms with van der Waals surface area (Å²) in [5.41, 5.74) is 1.26. The maximum Gasteiger partial charge on any atom is 0.208 e. The fourth-order valence-electron chi connectivity index (χ4n) is 2.93. The third kappa shape index (κ3) is 6.89. The molecular formula is C17H28N2O3S. The number of sulfonamides is 1. The third-order valence-electron chi connectivity index (χ3n) is 3.94. The summed E-state index contributed by atoms with van der Waals surface area (Å²) in [4.78, 5) is 2.40. The van der Waals surface area contributed by atoms with E-state index in [9.17, 15) is 8.42 Å². The van der Waals surface area contributed by atoms with E-state index in [0.717, 1.165) is 38.2 Å². The van der Waals surface area contributed by atoms with E-state index < -0.39 is 10.0 Å². The molecule has 130 valence electrons. The number of hydrogen-bond donors (Lipinski definition) is 1. The Kier molecular flexibility index (Phi) is 6.44. The van der Waals surface area contributed by atoms with E-state index in [1.807, 2.05) is 26.0 Å². The van der Waals surface area contributed by atoms with Crippen LogP contribution in [0.2, 0.25) is 0 Å². The van der Waals surface area contributed by atoms with Gasteiger partial charge in [0, 0.05) is 19.6 Å². The highest BCUT2D eigenvalue weighted by Crippen LogP contribution is 2.20. The summed E-state index contributed by atoms with van der Waals surface area (Å²) in [6, 6.07) is 8.25. The van der Waals surface area contributed by atoms with Gasteiger partial charge in [0.2, 0.25) is 10.0 Å². The van der Waals surface area contributed by atoms with Crippen molar-refractivity contribution in [2.24, 2.45) is 5.92 Å². The van der Waals surface area contributed by atoms with Crippen molar-refractivity contribution in [1.29, 1.82) is 0 Å². The maximum absolute atomic E-state index is 11.2. The molecule has 6 heteroatoms. The molecule has 0 amide bonds. The fraction of sp³-hybridized carbons (Fsp3) is 0.647. The van der Waals surface area contributed by atoms with Crippen molar-refractivity contribution < 1.29 is 13.2 Å². The first-order chi connectivity index (χ1) is 10.8. The van der Waals surface area contributed by atoms with Gasteiger partial charge in [0.1, 0.15) is 5.75 Å². The molecule has 0 spiro atoms. The van der Waals surface area contributed by atoms with Crippen LogP contribution in [0.1, 0.15) is 32.3 Å². The molecule has 1 aliphatic rings. The molecule has 0 radical (unpaired) electrons. The monoisotopic (exact) mass is 340 g/mol. The summed E-state index contributed by atoms with van der Waals surface area (Å²) in [5, 5.41) is 0. The van der Waals surface area contributed by atoms with Gasteiger partial charge in [-0.3, -0.25) is 4.90 Å². The van der Waals surface area contributed by atoms with Crippen LogP contribution in [0.3, 0.4) is 0 Å². The van der Waals surface area contributed by atoms with E-state index in [4.69, 9.17) is 4.74 Å². The molecular weight excluding hydrogens is 312 g/mol. The summed E-state index contributed by atoms with van der Waals surface area (Å²) in [6.07, 6.45) is 3.60. The van der Waals surface area contributed by atoms with Crippen LogP contribution in [0, 0.1) is 5.92 Å². The van der Waals surface area contributed by atoms with Gasteiger partial charge in [-0.15, -0.1) is 0 Å². The Bertz CT molecular complexity index is 584. The van der Waals surface area contributed by atoms with Crippen LogP contribution >= 0.6 is 0 Å². The molecule has 0 aromatic heterocycles. The van der Waals surface area contributed by atoms with Crippen LogP contribution in [0.5, 0.6) is 5.75 Å². The predicted molar refractivity (Wildman–Crippen MR) is 93.1 cm³/mol. The molecule has 5 nitrogen and oxygen atoms in total. The molecule has 1 fully saturated rings. The molecule has 23 heavy (non-hydrogen) atoms. The molecule has 1 heterocycles. The molecule has 1 aromatic rings. The first kappa shape index (κ1) is 18.2. The van der Waals surface area contributed by atoms with Crippen molar-refractivity contribution in [3.8, 4) is 5.75 Å². The van der Waals surface area contributed by atoms with Crippen LogP contribution in [-0.2, 0) is 16.6 Å². The molecule has 2 rings (SSSR count). The number of rotatable bonds is 7. The molecule has 1 N–H and O–H groups in total. The summed E-state index contributed by atoms with van der Waals surface area (Å²) in [6.45, 7) is 7.48. The molecule has 0 bridgehead atoms. The van der Waals surface area contributed by atoms with E-state index in [1.165, 1.54) is 11.8 Å². The molecule has 1 aromatic carbocycles. The molecule has 0 saturated carbocycles. The van der Waals surface area contributed by atoms with Gasteiger partial charge in [-0.05, 0) is 56.8 Å². The van der Waals surface area contributed by atoms with Gasteiger partial charge in [-0.1, -0.05) is 12.1 Å². The second-order valence-corrected chi connectivity index (χ2v) is 8.51. The van der Waals surface area contributed by atoms with Crippen molar-refractivity contribution in [2.45, 2.75) is 39.3 Å². The van der Waals surface area contributed by atoms with Gasteiger partial charge in [0.15, 0.2) is 0 Å². The Labute approximate surface area is 140 Å². The zero-order chi connectivity index (χ0) is 16.9. The van der Waals surface area contributed by atoms with Crippen molar-refractivity contribution in [1.82, 2.24) is 9.62 Å². The molecule has 1 atom stereocenters. The van der Waals surface area contributed by atoms with E-state index in [-0.39, 0.29) is 6.10 Å². The average Bonchev–Trinajstić information content (AvgIpc) is 2.46. The fourth-order valence-corrected chi connectivity index (χ4v) is 3.47. The highest BCUT2D eigenvalue weighted by atomic mass is 32.2. The minimum absolute atomic E-state index is 0.186. The van der Waals surface area contributed by atoms with Crippen LogP contribution in [0.25, 0.3) is 0 Å². The van der Waals surface area contributed by atoms with Crippen LogP contribution in [-0.4, -0.2) is 45.3 Å². The Balaban J connectivity index is 1.84. The van der Waals surface area contributed by atoms with Gasteiger partial charge < -0.3 is 4.74 Å². The summed E-state index contributed by atoms with van der Waals surface area (Å²) >= 11 is 0. The number of likely N-dealkylation sites (tertiary alicyclic amines) is 1. The SMILES string of the molecule is CC(C)Oc1ccc(CN2CCCC(CNS(C)(=O)=O)C2)cc1. The first-order valence-corrected chi connectivity index (χ1v) is 10.1. The van der Waals surface area contributed by atoms with E-state index >= 15 is 0 Å². The van der Waals surface area contributed by atoms with E-state index in [0.29, 0.717) is 12.5 Å². The van der Waals surface area contributed by atoms with Crippen molar-refractivity contribution in [3.05, 3.63) is 29.8 Å². The van der Waals surface area contributed by atoms with Crippen molar-refractivity contribution in [3.63, 3.8) is 0 Å². The van der Waals surface area contributed by atoms with Gasteiger partial charge >= 0.3 is 0 Å². The quantitative estimate of drug-likeness (QED) is 0.827. The number of ether oxygens (including phenoxy) is 1. The molecule has 1 aliphatic heterocycles. The van der Waals surface area contributed by atoms with Gasteiger partial charge in [-0.2, -0.15) is 0 Å². The number of piperidine rings is 1. The lowest BCUT2D eigenvalue weighted by molar-refractivity contribution is 0.169. The average molecular weight is 340 g/mol. The number of nitrogens with one attached hydrogen (secondary N) is 1. The minimum Gasteiger partial charge on any atom is -0.491 e. The van der Waals surface area contributed by atoms with Crippen LogP contribution < -0.4 is 9.46 Å². The topological polar surface area (TPSA) is 58.6 Å².